The van der Waals surface area contributed by atoms with Crippen molar-refractivity contribution in [1.82, 2.24) is 24.8 Å². The van der Waals surface area contributed by atoms with Crippen LogP contribution in [0.2, 0.25) is 0 Å². The predicted octanol–water partition coefficient (Wildman–Crippen LogP) is 2.28. The quantitative estimate of drug-likeness (QED) is 0.500. The molecule has 1 aliphatic rings. The highest BCUT2D eigenvalue weighted by Crippen LogP contribution is 2.29. The summed E-state index contributed by atoms with van der Waals surface area (Å²) in [6.45, 7) is 1.97. The summed E-state index contributed by atoms with van der Waals surface area (Å²) in [5.41, 5.74) is 3.82. The first-order chi connectivity index (χ1) is 14.6. The van der Waals surface area contributed by atoms with E-state index in [4.69, 9.17) is 9.97 Å². The lowest BCUT2D eigenvalue weighted by molar-refractivity contribution is 0.616. The van der Waals surface area contributed by atoms with Gasteiger partial charge in [0.15, 0.2) is 5.65 Å². The van der Waals surface area contributed by atoms with Crippen LogP contribution in [0.5, 0.6) is 0 Å². The highest BCUT2D eigenvalue weighted by Gasteiger charge is 2.24. The maximum atomic E-state index is 5.06. The van der Waals surface area contributed by atoms with Gasteiger partial charge in [0.2, 0.25) is 0 Å². The minimum absolute atomic E-state index is 0.508. The molecule has 3 atom stereocenters. The SMILES string of the molecule is CN[C@H]1CCN(c2ccc3nc(-c4ccc(P)cc4P)n(-c4ccncc4)c3n2)C1. The number of rotatable bonds is 4. The predicted molar refractivity (Wildman–Crippen MR) is 130 cm³/mol. The summed E-state index contributed by atoms with van der Waals surface area (Å²) < 4.78 is 2.14. The third-order valence-electron chi connectivity index (χ3n) is 5.65. The lowest BCUT2D eigenvalue weighted by atomic mass is 10.2. The topological polar surface area (TPSA) is 58.9 Å². The zero-order valence-electron chi connectivity index (χ0n) is 16.8. The summed E-state index contributed by atoms with van der Waals surface area (Å²) in [7, 11) is 7.60. The Kier molecular flexibility index (Phi) is 5.24. The normalized spacial score (nSPS) is 16.5. The molecule has 0 saturated carbocycles. The number of aromatic nitrogens is 4. The summed E-state index contributed by atoms with van der Waals surface area (Å²) in [6.07, 6.45) is 4.74. The Hall–Kier alpha value is -2.39. The molecule has 5 rings (SSSR count). The first-order valence-corrected chi connectivity index (χ1v) is 11.2. The van der Waals surface area contributed by atoms with Gasteiger partial charge in [0.25, 0.3) is 0 Å². The number of pyridine rings is 2. The molecular formula is C22H24N6P2. The van der Waals surface area contributed by atoms with Gasteiger partial charge in [-0.1, -0.05) is 6.07 Å². The minimum Gasteiger partial charge on any atom is -0.355 e. The van der Waals surface area contributed by atoms with E-state index in [1.165, 1.54) is 0 Å². The van der Waals surface area contributed by atoms with Crippen LogP contribution in [-0.2, 0) is 0 Å². The van der Waals surface area contributed by atoms with Crippen molar-refractivity contribution in [1.29, 1.82) is 0 Å². The molecule has 4 heterocycles. The van der Waals surface area contributed by atoms with Crippen LogP contribution in [0, 0.1) is 0 Å². The number of imidazole rings is 1. The number of fused-ring (bicyclic) bond motifs is 1. The molecule has 0 amide bonds. The van der Waals surface area contributed by atoms with Crippen molar-refractivity contribution in [3.63, 3.8) is 0 Å². The maximum absolute atomic E-state index is 5.06. The van der Waals surface area contributed by atoms with E-state index in [0.29, 0.717) is 6.04 Å². The van der Waals surface area contributed by atoms with Gasteiger partial charge in [-0.25, -0.2) is 9.97 Å². The molecule has 1 fully saturated rings. The molecule has 1 aromatic carbocycles. The Morgan fingerprint density at radius 3 is 2.60 bits per heavy atom. The molecule has 6 nitrogen and oxygen atoms in total. The molecule has 8 heteroatoms. The molecule has 3 aromatic heterocycles. The molecule has 30 heavy (non-hydrogen) atoms. The number of nitrogens with zero attached hydrogens (tertiary/aromatic N) is 5. The molecule has 1 saturated heterocycles. The van der Waals surface area contributed by atoms with Crippen molar-refractivity contribution in [2.75, 3.05) is 25.0 Å². The highest BCUT2D eigenvalue weighted by molar-refractivity contribution is 7.29. The Morgan fingerprint density at radius 1 is 1.03 bits per heavy atom. The van der Waals surface area contributed by atoms with Crippen molar-refractivity contribution in [3.05, 3.63) is 54.9 Å². The van der Waals surface area contributed by atoms with Gasteiger partial charge in [-0.2, -0.15) is 0 Å². The molecule has 2 unspecified atom stereocenters. The van der Waals surface area contributed by atoms with Crippen LogP contribution in [0.15, 0.2) is 54.9 Å². The van der Waals surface area contributed by atoms with Gasteiger partial charge in [0.1, 0.15) is 17.2 Å². The second-order valence-corrected chi connectivity index (χ2v) is 8.84. The van der Waals surface area contributed by atoms with E-state index < -0.39 is 0 Å². The standard InChI is InChI=1S/C22H24N6P2/c1-23-14-8-11-27(13-14)20-5-4-18-22(26-20)28(15-6-9-24-10-7-15)21(25-18)17-3-2-16(29)12-19(17)30/h2-7,9-10,12,14,23H,8,11,13,29-30H2,1H3/t14-/m0/s1. The molecule has 0 spiro atoms. The van der Waals surface area contributed by atoms with Crippen molar-refractivity contribution in [2.45, 2.75) is 12.5 Å². The lowest BCUT2D eigenvalue weighted by Gasteiger charge is -2.18. The molecule has 1 N–H and O–H groups in total. The van der Waals surface area contributed by atoms with Crippen LogP contribution in [0.25, 0.3) is 28.2 Å². The van der Waals surface area contributed by atoms with Gasteiger partial charge < -0.3 is 10.2 Å². The van der Waals surface area contributed by atoms with E-state index >= 15 is 0 Å². The largest absolute Gasteiger partial charge is 0.355 e. The van der Waals surface area contributed by atoms with E-state index in [9.17, 15) is 0 Å². The Labute approximate surface area is 180 Å². The number of likely N-dealkylation sites (N-methyl/N-ethyl adjacent to an activating group) is 1. The van der Waals surface area contributed by atoms with E-state index in [1.807, 2.05) is 19.2 Å². The van der Waals surface area contributed by atoms with E-state index in [1.54, 1.807) is 12.4 Å². The highest BCUT2D eigenvalue weighted by atomic mass is 31.0. The first kappa shape index (κ1) is 19.6. The Morgan fingerprint density at radius 2 is 1.87 bits per heavy atom. The number of anilines is 1. The lowest BCUT2D eigenvalue weighted by Crippen LogP contribution is -2.29. The number of hydrogen-bond donors (Lipinski definition) is 1. The number of benzene rings is 1. The molecule has 0 bridgehead atoms. The number of hydrogen-bond acceptors (Lipinski definition) is 5. The van der Waals surface area contributed by atoms with Gasteiger partial charge in [0.05, 0.1) is 5.69 Å². The molecule has 0 aliphatic carbocycles. The maximum Gasteiger partial charge on any atom is 0.167 e. The molecule has 4 aromatic rings. The molecule has 1 aliphatic heterocycles. The van der Waals surface area contributed by atoms with E-state index in [2.05, 4.69) is 68.6 Å². The fraction of sp³-hybridized carbons (Fsp3) is 0.227. The van der Waals surface area contributed by atoms with Crippen molar-refractivity contribution >= 4 is 46.1 Å². The third-order valence-corrected chi connectivity index (χ3v) is 6.48. The minimum atomic E-state index is 0.508. The van der Waals surface area contributed by atoms with Gasteiger partial charge in [0, 0.05) is 37.1 Å². The van der Waals surface area contributed by atoms with Crippen molar-refractivity contribution in [3.8, 4) is 17.1 Å². The fourth-order valence-corrected chi connectivity index (χ4v) is 4.92. The average Bonchev–Trinajstić information content (AvgIpc) is 3.38. The van der Waals surface area contributed by atoms with Gasteiger partial charge in [-0.05, 0) is 60.5 Å². The Bertz CT molecular complexity index is 1210. The summed E-state index contributed by atoms with van der Waals surface area (Å²) in [5, 5.41) is 5.62. The fourth-order valence-electron chi connectivity index (χ4n) is 4.03. The molecule has 152 valence electrons. The van der Waals surface area contributed by atoms with Crippen LogP contribution >= 0.6 is 18.5 Å². The van der Waals surface area contributed by atoms with Gasteiger partial charge in [-0.15, -0.1) is 18.5 Å². The molecular weight excluding hydrogens is 410 g/mol. The summed E-state index contributed by atoms with van der Waals surface area (Å²) in [4.78, 5) is 16.6. The monoisotopic (exact) mass is 434 g/mol. The van der Waals surface area contributed by atoms with Crippen LogP contribution in [0.3, 0.4) is 0 Å². The summed E-state index contributed by atoms with van der Waals surface area (Å²) in [5.74, 6) is 1.87. The van der Waals surface area contributed by atoms with Crippen LogP contribution < -0.4 is 20.8 Å². The molecule has 0 radical (unpaired) electrons. The van der Waals surface area contributed by atoms with Gasteiger partial charge >= 0.3 is 0 Å². The van der Waals surface area contributed by atoms with Crippen LogP contribution in [-0.4, -0.2) is 45.7 Å². The first-order valence-electron chi connectivity index (χ1n) is 10.0. The van der Waals surface area contributed by atoms with E-state index in [-0.39, 0.29) is 0 Å². The van der Waals surface area contributed by atoms with Crippen molar-refractivity contribution < 1.29 is 0 Å². The summed E-state index contributed by atoms with van der Waals surface area (Å²) >= 11 is 0. The zero-order chi connectivity index (χ0) is 20.7. The van der Waals surface area contributed by atoms with Crippen LogP contribution in [0.4, 0.5) is 5.82 Å². The number of nitrogens with one attached hydrogen (secondary N) is 1. The van der Waals surface area contributed by atoms with Crippen LogP contribution in [0.1, 0.15) is 6.42 Å². The Balaban J connectivity index is 1.70. The second kappa shape index (κ2) is 8.03. The average molecular weight is 434 g/mol. The summed E-state index contributed by atoms with van der Waals surface area (Å²) in [6, 6.07) is 15.0. The van der Waals surface area contributed by atoms with Gasteiger partial charge in [-0.3, -0.25) is 9.55 Å². The second-order valence-electron chi connectivity index (χ2n) is 7.56. The zero-order valence-corrected chi connectivity index (χ0v) is 19.1. The third kappa shape index (κ3) is 3.50. The smallest absolute Gasteiger partial charge is 0.167 e. The van der Waals surface area contributed by atoms with Crippen molar-refractivity contribution in [2.24, 2.45) is 0 Å². The van der Waals surface area contributed by atoms with E-state index in [0.717, 1.165) is 64.2 Å².